The number of carbonyl (C=O) groups excluding carboxylic acids is 1. The Morgan fingerprint density at radius 3 is 2.39 bits per heavy atom. The second-order valence-electron chi connectivity index (χ2n) is 5.39. The monoisotopic (exact) mass is 334 g/mol. The summed E-state index contributed by atoms with van der Waals surface area (Å²) in [6.07, 6.45) is 1.96. The Morgan fingerprint density at radius 1 is 1.09 bits per heavy atom. The zero-order chi connectivity index (χ0) is 16.4. The van der Waals surface area contributed by atoms with Crippen LogP contribution in [0, 0.1) is 5.82 Å². The first kappa shape index (κ1) is 15.5. The van der Waals surface area contributed by atoms with E-state index in [1.165, 1.54) is 42.5 Å². The van der Waals surface area contributed by atoms with E-state index in [9.17, 15) is 17.6 Å². The number of hydrogen-bond donors (Lipinski definition) is 2. The van der Waals surface area contributed by atoms with Crippen LogP contribution in [0.4, 0.5) is 10.1 Å². The van der Waals surface area contributed by atoms with E-state index in [1.54, 1.807) is 0 Å². The van der Waals surface area contributed by atoms with Crippen LogP contribution in [0.3, 0.4) is 0 Å². The molecule has 1 aliphatic carbocycles. The molecule has 0 spiro atoms. The number of sulfonamides is 1. The van der Waals surface area contributed by atoms with E-state index >= 15 is 0 Å². The van der Waals surface area contributed by atoms with Gasteiger partial charge in [-0.15, -0.1) is 0 Å². The Labute approximate surface area is 133 Å². The van der Waals surface area contributed by atoms with Gasteiger partial charge in [0.25, 0.3) is 15.9 Å². The molecular weight excluding hydrogens is 319 g/mol. The van der Waals surface area contributed by atoms with E-state index in [-0.39, 0.29) is 22.5 Å². The van der Waals surface area contributed by atoms with Gasteiger partial charge in [0.05, 0.1) is 10.6 Å². The molecule has 1 saturated carbocycles. The van der Waals surface area contributed by atoms with Crippen LogP contribution in [-0.4, -0.2) is 20.4 Å². The highest BCUT2D eigenvalue weighted by molar-refractivity contribution is 7.92. The van der Waals surface area contributed by atoms with E-state index in [0.29, 0.717) is 5.56 Å². The van der Waals surface area contributed by atoms with Crippen molar-refractivity contribution in [3.05, 3.63) is 59.9 Å². The summed E-state index contributed by atoms with van der Waals surface area (Å²) in [5, 5.41) is 2.83. The summed E-state index contributed by atoms with van der Waals surface area (Å²) in [5.41, 5.74) is 0.544. The molecule has 0 aromatic heterocycles. The van der Waals surface area contributed by atoms with Crippen LogP contribution < -0.4 is 10.0 Å². The zero-order valence-electron chi connectivity index (χ0n) is 12.1. The van der Waals surface area contributed by atoms with E-state index in [0.717, 1.165) is 18.9 Å². The number of carbonyl (C=O) groups is 1. The number of halogens is 1. The van der Waals surface area contributed by atoms with Crippen LogP contribution in [0.1, 0.15) is 23.2 Å². The summed E-state index contributed by atoms with van der Waals surface area (Å²) in [5.74, 6) is -0.744. The summed E-state index contributed by atoms with van der Waals surface area (Å²) in [4.78, 5) is 11.9. The molecule has 1 aliphatic rings. The highest BCUT2D eigenvalue weighted by Crippen LogP contribution is 2.20. The van der Waals surface area contributed by atoms with Gasteiger partial charge in [-0.25, -0.2) is 12.8 Å². The average molecular weight is 334 g/mol. The van der Waals surface area contributed by atoms with Gasteiger partial charge in [0, 0.05) is 11.6 Å². The first-order valence-electron chi connectivity index (χ1n) is 7.13. The summed E-state index contributed by atoms with van der Waals surface area (Å²) in [6.45, 7) is 0. The van der Waals surface area contributed by atoms with Gasteiger partial charge in [0.15, 0.2) is 0 Å². The molecule has 0 heterocycles. The second kappa shape index (κ2) is 6.00. The topological polar surface area (TPSA) is 75.3 Å². The van der Waals surface area contributed by atoms with Crippen LogP contribution in [0.2, 0.25) is 0 Å². The number of nitrogens with one attached hydrogen (secondary N) is 2. The number of amides is 1. The minimum absolute atomic E-state index is 0.00438. The van der Waals surface area contributed by atoms with Crippen molar-refractivity contribution in [1.29, 1.82) is 0 Å². The lowest BCUT2D eigenvalue weighted by Crippen LogP contribution is -2.25. The van der Waals surface area contributed by atoms with E-state index in [1.807, 2.05) is 0 Å². The molecule has 5 nitrogen and oxygen atoms in total. The number of benzene rings is 2. The Kier molecular flexibility index (Phi) is 4.04. The van der Waals surface area contributed by atoms with Crippen molar-refractivity contribution in [2.75, 3.05) is 4.72 Å². The van der Waals surface area contributed by atoms with Crippen molar-refractivity contribution < 1.29 is 17.6 Å². The van der Waals surface area contributed by atoms with Gasteiger partial charge in [-0.05, 0) is 55.3 Å². The summed E-state index contributed by atoms with van der Waals surface area (Å²) in [6, 6.07) is 11.0. The molecule has 3 rings (SSSR count). The first-order chi connectivity index (χ1) is 10.9. The minimum Gasteiger partial charge on any atom is -0.349 e. The van der Waals surface area contributed by atoms with Crippen LogP contribution in [0.25, 0.3) is 0 Å². The van der Waals surface area contributed by atoms with Gasteiger partial charge in [0.1, 0.15) is 5.82 Å². The Balaban J connectivity index is 1.75. The molecule has 0 saturated heterocycles. The van der Waals surface area contributed by atoms with Crippen LogP contribution in [0.15, 0.2) is 53.4 Å². The minimum atomic E-state index is -3.83. The molecule has 0 atom stereocenters. The number of rotatable bonds is 5. The molecular formula is C16H15FN2O3S. The van der Waals surface area contributed by atoms with Crippen molar-refractivity contribution >= 4 is 21.6 Å². The van der Waals surface area contributed by atoms with Crippen LogP contribution >= 0.6 is 0 Å². The summed E-state index contributed by atoms with van der Waals surface area (Å²) < 4.78 is 39.9. The number of anilines is 1. The maximum absolute atomic E-state index is 13.1. The van der Waals surface area contributed by atoms with Crippen LogP contribution in [0.5, 0.6) is 0 Å². The van der Waals surface area contributed by atoms with E-state index in [2.05, 4.69) is 10.0 Å². The van der Waals surface area contributed by atoms with E-state index in [4.69, 9.17) is 0 Å². The molecule has 0 aliphatic heterocycles. The third kappa shape index (κ3) is 3.87. The molecule has 1 fully saturated rings. The molecule has 1 amide bonds. The fourth-order valence-electron chi connectivity index (χ4n) is 2.05. The third-order valence-electron chi connectivity index (χ3n) is 3.42. The Bertz CT molecular complexity index is 831. The Hall–Kier alpha value is -2.41. The maximum Gasteiger partial charge on any atom is 0.261 e. The first-order valence-corrected chi connectivity index (χ1v) is 8.62. The highest BCUT2D eigenvalue weighted by atomic mass is 32.2. The van der Waals surface area contributed by atoms with Crippen molar-refractivity contribution in [3.63, 3.8) is 0 Å². The molecule has 2 N–H and O–H groups in total. The predicted octanol–water partition coefficient (Wildman–Crippen LogP) is 2.52. The fraction of sp³-hybridized carbons (Fsp3) is 0.188. The predicted molar refractivity (Wildman–Crippen MR) is 84.1 cm³/mol. The van der Waals surface area contributed by atoms with Gasteiger partial charge < -0.3 is 5.32 Å². The third-order valence-corrected chi connectivity index (χ3v) is 4.81. The normalized spacial score (nSPS) is 14.3. The smallest absolute Gasteiger partial charge is 0.261 e. The maximum atomic E-state index is 13.1. The molecule has 0 radical (unpaired) electrons. The van der Waals surface area contributed by atoms with Gasteiger partial charge in [-0.2, -0.15) is 0 Å². The number of hydrogen-bond acceptors (Lipinski definition) is 3. The van der Waals surface area contributed by atoms with Crippen molar-refractivity contribution in [2.24, 2.45) is 0 Å². The van der Waals surface area contributed by atoms with Crippen LogP contribution in [-0.2, 0) is 10.0 Å². The summed E-state index contributed by atoms with van der Waals surface area (Å²) >= 11 is 0. The van der Waals surface area contributed by atoms with E-state index < -0.39 is 15.8 Å². The fourth-order valence-corrected chi connectivity index (χ4v) is 3.10. The lowest BCUT2D eigenvalue weighted by atomic mass is 10.2. The highest BCUT2D eigenvalue weighted by Gasteiger charge is 2.24. The van der Waals surface area contributed by atoms with Crippen molar-refractivity contribution in [2.45, 2.75) is 23.8 Å². The molecule has 2 aromatic carbocycles. The van der Waals surface area contributed by atoms with Crippen molar-refractivity contribution in [3.8, 4) is 0 Å². The van der Waals surface area contributed by atoms with Gasteiger partial charge >= 0.3 is 0 Å². The molecule has 7 heteroatoms. The molecule has 23 heavy (non-hydrogen) atoms. The molecule has 2 aromatic rings. The van der Waals surface area contributed by atoms with Gasteiger partial charge in [-0.3, -0.25) is 9.52 Å². The lowest BCUT2D eigenvalue weighted by Gasteiger charge is -2.09. The summed E-state index contributed by atoms with van der Waals surface area (Å²) in [7, 11) is -3.83. The average Bonchev–Trinajstić information content (AvgIpc) is 3.31. The van der Waals surface area contributed by atoms with Gasteiger partial charge in [0.2, 0.25) is 0 Å². The lowest BCUT2D eigenvalue weighted by molar-refractivity contribution is 0.0951. The molecule has 0 unspecified atom stereocenters. The quantitative estimate of drug-likeness (QED) is 0.882. The second-order valence-corrected chi connectivity index (χ2v) is 7.07. The molecule has 0 bridgehead atoms. The standard InChI is InChI=1S/C16H15FN2O3S/c17-12-2-1-3-14(10-12)19-23(21,22)15-8-4-11(5-9-15)16(20)18-13-6-7-13/h1-5,8-10,13,19H,6-7H2,(H,18,20). The SMILES string of the molecule is O=C(NC1CC1)c1ccc(S(=O)(=O)Nc2cccc(F)c2)cc1. The van der Waals surface area contributed by atoms with Gasteiger partial charge in [-0.1, -0.05) is 6.07 Å². The Morgan fingerprint density at radius 2 is 1.78 bits per heavy atom. The van der Waals surface area contributed by atoms with Crippen molar-refractivity contribution in [1.82, 2.24) is 5.32 Å². The largest absolute Gasteiger partial charge is 0.349 e. The zero-order valence-corrected chi connectivity index (χ0v) is 12.9. The molecule has 120 valence electrons.